The van der Waals surface area contributed by atoms with Crippen LogP contribution in [0.15, 0.2) is 115 Å². The van der Waals surface area contributed by atoms with E-state index in [2.05, 4.69) is 41.7 Å². The molecule has 5 nitrogen and oxygen atoms in total. The number of hydrogen-bond acceptors (Lipinski definition) is 3. The van der Waals surface area contributed by atoms with Crippen LogP contribution < -0.4 is 10.2 Å². The average molecular weight is 513 g/mol. The number of anilines is 1. The first-order valence-electron chi connectivity index (χ1n) is 12.0. The van der Waals surface area contributed by atoms with Crippen molar-refractivity contribution in [3.63, 3.8) is 0 Å². The van der Waals surface area contributed by atoms with Gasteiger partial charge in [0, 0.05) is 17.3 Å². The molecule has 1 amide bonds. The van der Waals surface area contributed by atoms with Crippen LogP contribution in [0.25, 0.3) is 0 Å². The molecule has 0 saturated carbocycles. The number of benzene rings is 4. The smallest absolute Gasteiger partial charge is 0.394 e. The molecule has 0 unspecified atom stereocenters. The van der Waals surface area contributed by atoms with Gasteiger partial charge in [-0.3, -0.25) is 15.0 Å². The van der Waals surface area contributed by atoms with Gasteiger partial charge in [-0.2, -0.15) is 0 Å². The van der Waals surface area contributed by atoms with Crippen LogP contribution in [0.4, 0.5) is 5.69 Å². The van der Waals surface area contributed by atoms with Crippen molar-refractivity contribution in [2.75, 3.05) is 11.4 Å². The van der Waals surface area contributed by atoms with Crippen molar-refractivity contribution in [2.45, 2.75) is 24.9 Å². The lowest BCUT2D eigenvalue weighted by Crippen LogP contribution is -2.59. The number of halogens is 1. The van der Waals surface area contributed by atoms with Crippen molar-refractivity contribution in [2.24, 2.45) is 0 Å². The van der Waals surface area contributed by atoms with Gasteiger partial charge in [-0.1, -0.05) is 103 Å². The highest BCUT2D eigenvalue weighted by Gasteiger charge is 2.41. The number of carboxylic acid groups (broad SMARTS) is 1. The molecule has 4 aromatic carbocycles. The number of carboxylic acids is 1. The molecule has 6 heteroatoms. The summed E-state index contributed by atoms with van der Waals surface area (Å²) in [4.78, 5) is 26.1. The maximum Gasteiger partial charge on any atom is 0.394 e. The third-order valence-corrected chi connectivity index (χ3v) is 6.73. The highest BCUT2D eigenvalue weighted by Crippen LogP contribution is 2.37. The van der Waals surface area contributed by atoms with Gasteiger partial charge < -0.3 is 5.11 Å². The standard InChI is InChI=1S/C31H29ClN2O3/c1-30(2,34(28(35)29(36)37)27-20-18-26(32)19-21-27)22-33-31(23-12-6-3-7-13-23,24-14-8-4-9-15-24)25-16-10-5-11-17-25/h3-21,33H,22H2,1-2H3,(H,36,37). The minimum absolute atomic E-state index is 0.271. The predicted octanol–water partition coefficient (Wildman–Crippen LogP) is 6.12. The number of amides is 1. The number of hydrogen-bond donors (Lipinski definition) is 2. The fourth-order valence-electron chi connectivity index (χ4n) is 4.73. The molecule has 4 rings (SSSR count). The van der Waals surface area contributed by atoms with E-state index in [0.717, 1.165) is 16.7 Å². The zero-order chi connectivity index (χ0) is 26.5. The van der Waals surface area contributed by atoms with Crippen LogP contribution >= 0.6 is 11.6 Å². The fourth-order valence-corrected chi connectivity index (χ4v) is 4.85. The van der Waals surface area contributed by atoms with Crippen molar-refractivity contribution >= 4 is 29.2 Å². The van der Waals surface area contributed by atoms with Gasteiger partial charge in [-0.25, -0.2) is 4.79 Å². The number of carbonyl (C=O) groups is 2. The second-order valence-corrected chi connectivity index (χ2v) is 9.87. The summed E-state index contributed by atoms with van der Waals surface area (Å²) in [5.41, 5.74) is 1.81. The second-order valence-electron chi connectivity index (χ2n) is 9.44. The Bertz CT molecular complexity index is 1250. The molecule has 0 fully saturated rings. The van der Waals surface area contributed by atoms with E-state index in [9.17, 15) is 14.7 Å². The van der Waals surface area contributed by atoms with E-state index in [1.165, 1.54) is 4.90 Å². The zero-order valence-electron chi connectivity index (χ0n) is 20.8. The minimum Gasteiger partial charge on any atom is -0.474 e. The summed E-state index contributed by atoms with van der Waals surface area (Å²) in [6, 6.07) is 36.9. The van der Waals surface area contributed by atoms with E-state index in [0.29, 0.717) is 10.7 Å². The molecule has 0 aliphatic rings. The maximum atomic E-state index is 13.0. The third-order valence-electron chi connectivity index (χ3n) is 6.48. The monoisotopic (exact) mass is 512 g/mol. The normalized spacial score (nSPS) is 11.6. The van der Waals surface area contributed by atoms with Crippen molar-refractivity contribution in [1.29, 1.82) is 0 Å². The predicted molar refractivity (Wildman–Crippen MR) is 148 cm³/mol. The molecule has 188 valence electrons. The highest BCUT2D eigenvalue weighted by atomic mass is 35.5. The average Bonchev–Trinajstić information content (AvgIpc) is 2.92. The summed E-state index contributed by atoms with van der Waals surface area (Å²) in [5, 5.41) is 13.9. The summed E-state index contributed by atoms with van der Waals surface area (Å²) in [7, 11) is 0. The Morgan fingerprint density at radius 3 is 1.51 bits per heavy atom. The van der Waals surface area contributed by atoms with E-state index in [-0.39, 0.29) is 6.54 Å². The zero-order valence-corrected chi connectivity index (χ0v) is 21.5. The van der Waals surface area contributed by atoms with E-state index in [1.54, 1.807) is 24.3 Å². The lowest BCUT2D eigenvalue weighted by molar-refractivity contribution is -0.149. The van der Waals surface area contributed by atoms with Gasteiger partial charge in [0.2, 0.25) is 0 Å². The number of carbonyl (C=O) groups excluding carboxylic acids is 1. The molecule has 0 heterocycles. The molecule has 0 spiro atoms. The molecule has 0 aliphatic carbocycles. The van der Waals surface area contributed by atoms with Crippen LogP contribution in [-0.4, -0.2) is 29.1 Å². The van der Waals surface area contributed by atoms with Crippen molar-refractivity contribution in [3.05, 3.63) is 137 Å². The van der Waals surface area contributed by atoms with Gasteiger partial charge in [0.15, 0.2) is 0 Å². The molecule has 0 bridgehead atoms. The first-order chi connectivity index (χ1) is 17.8. The molecular formula is C31H29ClN2O3. The van der Waals surface area contributed by atoms with Gasteiger partial charge in [0.25, 0.3) is 0 Å². The third kappa shape index (κ3) is 5.43. The Kier molecular flexibility index (Phi) is 7.77. The Hall–Kier alpha value is -3.93. The van der Waals surface area contributed by atoms with Crippen LogP contribution in [0, 0.1) is 0 Å². The van der Waals surface area contributed by atoms with Crippen LogP contribution in [0.5, 0.6) is 0 Å². The fraction of sp³-hybridized carbons (Fsp3) is 0.161. The molecule has 37 heavy (non-hydrogen) atoms. The number of rotatable bonds is 8. The summed E-state index contributed by atoms with van der Waals surface area (Å²) >= 11 is 6.07. The van der Waals surface area contributed by atoms with Crippen LogP contribution in [0.1, 0.15) is 30.5 Å². The molecular weight excluding hydrogens is 484 g/mol. The van der Waals surface area contributed by atoms with Crippen molar-refractivity contribution in [1.82, 2.24) is 5.32 Å². The molecule has 4 aromatic rings. The summed E-state index contributed by atoms with van der Waals surface area (Å²) in [5.74, 6) is -2.54. The van der Waals surface area contributed by atoms with Crippen molar-refractivity contribution < 1.29 is 14.7 Å². The number of nitrogens with zero attached hydrogens (tertiary/aromatic N) is 1. The second kappa shape index (κ2) is 11.0. The van der Waals surface area contributed by atoms with Crippen LogP contribution in [0.3, 0.4) is 0 Å². The summed E-state index contributed by atoms with van der Waals surface area (Å²) in [6.07, 6.45) is 0. The van der Waals surface area contributed by atoms with E-state index >= 15 is 0 Å². The highest BCUT2D eigenvalue weighted by molar-refractivity contribution is 6.37. The van der Waals surface area contributed by atoms with Gasteiger partial charge in [-0.05, 0) is 54.8 Å². The minimum atomic E-state index is -1.52. The molecule has 0 saturated heterocycles. The maximum absolute atomic E-state index is 13.0. The molecule has 0 aliphatic heterocycles. The largest absolute Gasteiger partial charge is 0.474 e. The Labute approximate surface area is 222 Å². The topological polar surface area (TPSA) is 69.6 Å². The Morgan fingerprint density at radius 2 is 1.14 bits per heavy atom. The summed E-state index contributed by atoms with van der Waals surface area (Å²) in [6.45, 7) is 3.97. The molecule has 2 N–H and O–H groups in total. The quantitative estimate of drug-likeness (QED) is 0.220. The van der Waals surface area contributed by atoms with E-state index < -0.39 is 23.0 Å². The molecule has 0 atom stereocenters. The first kappa shape index (κ1) is 26.1. The number of aliphatic carboxylic acids is 1. The number of nitrogens with one attached hydrogen (secondary N) is 1. The molecule has 0 aromatic heterocycles. The lowest BCUT2D eigenvalue weighted by atomic mass is 9.76. The van der Waals surface area contributed by atoms with Gasteiger partial charge in [-0.15, -0.1) is 0 Å². The molecule has 0 radical (unpaired) electrons. The lowest BCUT2D eigenvalue weighted by Gasteiger charge is -2.43. The SMILES string of the molecule is CC(C)(CNC(c1ccccc1)(c1ccccc1)c1ccccc1)N(C(=O)C(=O)O)c1ccc(Cl)cc1. The van der Waals surface area contributed by atoms with Gasteiger partial charge >= 0.3 is 11.9 Å². The Balaban J connectivity index is 1.84. The van der Waals surface area contributed by atoms with Gasteiger partial charge in [0.1, 0.15) is 0 Å². The Morgan fingerprint density at radius 1 is 0.730 bits per heavy atom. The van der Waals surface area contributed by atoms with E-state index in [1.807, 2.05) is 68.4 Å². The van der Waals surface area contributed by atoms with Crippen molar-refractivity contribution in [3.8, 4) is 0 Å². The van der Waals surface area contributed by atoms with E-state index in [4.69, 9.17) is 11.6 Å². The van der Waals surface area contributed by atoms with Crippen LogP contribution in [-0.2, 0) is 15.1 Å². The van der Waals surface area contributed by atoms with Gasteiger partial charge in [0.05, 0.1) is 11.1 Å². The first-order valence-corrected chi connectivity index (χ1v) is 12.4. The summed E-state index contributed by atoms with van der Waals surface area (Å²) < 4.78 is 0. The van der Waals surface area contributed by atoms with Crippen LogP contribution in [0.2, 0.25) is 5.02 Å².